The maximum absolute atomic E-state index is 12.7. The number of carbonyl (C=O) groups is 1. The first-order valence-corrected chi connectivity index (χ1v) is 7.08. The number of hydrogen-bond acceptors (Lipinski definition) is 1. The van der Waals surface area contributed by atoms with Crippen LogP contribution in [0.4, 0.5) is 23.7 Å². The summed E-state index contributed by atoms with van der Waals surface area (Å²) >= 11 is 6.02. The van der Waals surface area contributed by atoms with Gasteiger partial charge in [-0.3, -0.25) is 0 Å². The van der Waals surface area contributed by atoms with Crippen molar-refractivity contribution in [1.29, 1.82) is 0 Å². The summed E-state index contributed by atoms with van der Waals surface area (Å²) in [6, 6.07) is 11.0. The molecule has 122 valence electrons. The number of carbonyl (C=O) groups excluding carboxylic acids is 1. The molecule has 2 aromatic carbocycles. The van der Waals surface area contributed by atoms with Gasteiger partial charge < -0.3 is 10.2 Å². The minimum Gasteiger partial charge on any atom is -0.323 e. The van der Waals surface area contributed by atoms with E-state index in [1.807, 2.05) is 0 Å². The first-order chi connectivity index (χ1) is 10.8. The molecule has 0 saturated carbocycles. The highest BCUT2D eigenvalue weighted by Crippen LogP contribution is 2.30. The van der Waals surface area contributed by atoms with E-state index < -0.39 is 17.8 Å². The van der Waals surface area contributed by atoms with Gasteiger partial charge in [-0.25, -0.2) is 4.79 Å². The lowest BCUT2D eigenvalue weighted by atomic mass is 10.2. The Labute approximate surface area is 136 Å². The number of rotatable bonds is 3. The van der Waals surface area contributed by atoms with Gasteiger partial charge >= 0.3 is 12.2 Å². The molecule has 2 aromatic rings. The topological polar surface area (TPSA) is 32.3 Å². The highest BCUT2D eigenvalue weighted by molar-refractivity contribution is 6.31. The molecule has 0 bridgehead atoms. The maximum atomic E-state index is 12.7. The number of hydrogen-bond donors (Lipinski definition) is 1. The van der Waals surface area contributed by atoms with Crippen molar-refractivity contribution >= 4 is 23.3 Å². The normalized spacial score (nSPS) is 11.2. The lowest BCUT2D eigenvalue weighted by Crippen LogP contribution is -2.31. The van der Waals surface area contributed by atoms with Crippen LogP contribution in [0.3, 0.4) is 0 Å². The van der Waals surface area contributed by atoms with E-state index in [0.717, 1.165) is 17.7 Å². The van der Waals surface area contributed by atoms with Gasteiger partial charge in [-0.15, -0.1) is 0 Å². The molecule has 0 atom stereocenters. The summed E-state index contributed by atoms with van der Waals surface area (Å²) in [6.45, 7) is 0.241. The average Bonchev–Trinajstić information content (AvgIpc) is 2.49. The largest absolute Gasteiger partial charge is 0.416 e. The van der Waals surface area contributed by atoms with Crippen molar-refractivity contribution in [2.24, 2.45) is 0 Å². The van der Waals surface area contributed by atoms with Crippen LogP contribution >= 0.6 is 11.6 Å². The van der Waals surface area contributed by atoms with Gasteiger partial charge in [-0.05, 0) is 29.8 Å². The summed E-state index contributed by atoms with van der Waals surface area (Å²) in [5.74, 6) is 0. The second-order valence-corrected chi connectivity index (χ2v) is 5.36. The molecule has 2 rings (SSSR count). The van der Waals surface area contributed by atoms with Crippen LogP contribution in [0.5, 0.6) is 0 Å². The highest BCUT2D eigenvalue weighted by Gasteiger charge is 2.30. The van der Waals surface area contributed by atoms with Crippen LogP contribution in [0.25, 0.3) is 0 Å². The first-order valence-electron chi connectivity index (χ1n) is 6.70. The zero-order valence-electron chi connectivity index (χ0n) is 12.2. The Balaban J connectivity index is 2.06. The Morgan fingerprint density at radius 3 is 2.52 bits per heavy atom. The van der Waals surface area contributed by atoms with Gasteiger partial charge in [0.15, 0.2) is 0 Å². The van der Waals surface area contributed by atoms with Crippen molar-refractivity contribution in [2.45, 2.75) is 12.7 Å². The molecule has 0 aromatic heterocycles. The monoisotopic (exact) mass is 342 g/mol. The summed E-state index contributed by atoms with van der Waals surface area (Å²) in [5.41, 5.74) is 0.00995. The van der Waals surface area contributed by atoms with E-state index in [-0.39, 0.29) is 12.2 Å². The fraction of sp³-hybridized carbons (Fsp3) is 0.188. The molecule has 0 spiro atoms. The third-order valence-corrected chi connectivity index (χ3v) is 3.52. The molecular weight excluding hydrogens is 329 g/mol. The summed E-state index contributed by atoms with van der Waals surface area (Å²) < 4.78 is 38.0. The SMILES string of the molecule is CN(Cc1ccccc1Cl)C(=O)Nc1cccc(C(F)(F)F)c1. The smallest absolute Gasteiger partial charge is 0.323 e. The number of anilines is 1. The number of nitrogens with zero attached hydrogens (tertiary/aromatic N) is 1. The molecule has 0 saturated heterocycles. The molecule has 3 nitrogen and oxygen atoms in total. The van der Waals surface area contributed by atoms with Gasteiger partial charge in [0, 0.05) is 24.3 Å². The minimum absolute atomic E-state index is 0.0795. The Hall–Kier alpha value is -2.21. The second kappa shape index (κ2) is 6.91. The Kier molecular flexibility index (Phi) is 5.15. The van der Waals surface area contributed by atoms with Gasteiger partial charge in [0.05, 0.1) is 5.56 Å². The Bertz CT molecular complexity index is 704. The fourth-order valence-corrected chi connectivity index (χ4v) is 2.14. The van der Waals surface area contributed by atoms with Crippen molar-refractivity contribution in [1.82, 2.24) is 4.90 Å². The number of benzene rings is 2. The zero-order valence-corrected chi connectivity index (χ0v) is 12.9. The lowest BCUT2D eigenvalue weighted by molar-refractivity contribution is -0.137. The molecule has 1 N–H and O–H groups in total. The van der Waals surface area contributed by atoms with E-state index in [0.29, 0.717) is 5.02 Å². The van der Waals surface area contributed by atoms with E-state index >= 15 is 0 Å². The average molecular weight is 343 g/mol. The number of urea groups is 1. The van der Waals surface area contributed by atoms with Crippen LogP contribution in [-0.2, 0) is 12.7 Å². The van der Waals surface area contributed by atoms with E-state index in [1.54, 1.807) is 24.3 Å². The predicted molar refractivity (Wildman–Crippen MR) is 83.4 cm³/mol. The third-order valence-electron chi connectivity index (χ3n) is 3.15. The van der Waals surface area contributed by atoms with Gasteiger partial charge in [0.25, 0.3) is 0 Å². The Morgan fingerprint density at radius 1 is 1.17 bits per heavy atom. The van der Waals surface area contributed by atoms with Gasteiger partial charge in [0.2, 0.25) is 0 Å². The van der Waals surface area contributed by atoms with E-state index in [1.165, 1.54) is 24.1 Å². The van der Waals surface area contributed by atoms with Crippen molar-refractivity contribution in [3.63, 3.8) is 0 Å². The van der Waals surface area contributed by atoms with Crippen LogP contribution in [-0.4, -0.2) is 18.0 Å². The molecule has 0 aliphatic heterocycles. The summed E-state index contributed by atoms with van der Waals surface area (Å²) in [7, 11) is 1.53. The van der Waals surface area contributed by atoms with Crippen LogP contribution in [0, 0.1) is 0 Å². The van der Waals surface area contributed by atoms with Gasteiger partial charge in [-0.2, -0.15) is 13.2 Å². The van der Waals surface area contributed by atoms with E-state index in [4.69, 9.17) is 11.6 Å². The predicted octanol–water partition coefficient (Wildman–Crippen LogP) is 5.02. The molecule has 0 radical (unpaired) electrons. The van der Waals surface area contributed by atoms with Crippen molar-refractivity contribution in [3.8, 4) is 0 Å². The Morgan fingerprint density at radius 2 is 1.87 bits per heavy atom. The molecule has 0 heterocycles. The van der Waals surface area contributed by atoms with Crippen molar-refractivity contribution in [3.05, 3.63) is 64.7 Å². The number of alkyl halides is 3. The molecule has 2 amide bonds. The maximum Gasteiger partial charge on any atom is 0.416 e. The highest BCUT2D eigenvalue weighted by atomic mass is 35.5. The fourth-order valence-electron chi connectivity index (χ4n) is 1.95. The van der Waals surface area contributed by atoms with Crippen LogP contribution in [0.15, 0.2) is 48.5 Å². The van der Waals surface area contributed by atoms with Crippen molar-refractivity contribution < 1.29 is 18.0 Å². The molecular formula is C16H14ClF3N2O. The van der Waals surface area contributed by atoms with E-state index in [2.05, 4.69) is 5.32 Å². The summed E-state index contributed by atoms with van der Waals surface area (Å²) in [6.07, 6.45) is -4.45. The molecule has 23 heavy (non-hydrogen) atoms. The summed E-state index contributed by atoms with van der Waals surface area (Å²) in [4.78, 5) is 13.4. The van der Waals surface area contributed by atoms with Crippen LogP contribution < -0.4 is 5.32 Å². The molecule has 0 aliphatic rings. The minimum atomic E-state index is -4.45. The number of halogens is 4. The number of amides is 2. The first kappa shape index (κ1) is 17.1. The van der Waals surface area contributed by atoms with Gasteiger partial charge in [-0.1, -0.05) is 35.9 Å². The van der Waals surface area contributed by atoms with Crippen LogP contribution in [0.2, 0.25) is 5.02 Å². The molecule has 0 fully saturated rings. The molecule has 0 aliphatic carbocycles. The number of nitrogens with one attached hydrogen (secondary N) is 1. The lowest BCUT2D eigenvalue weighted by Gasteiger charge is -2.19. The quantitative estimate of drug-likeness (QED) is 0.834. The van der Waals surface area contributed by atoms with Crippen molar-refractivity contribution in [2.75, 3.05) is 12.4 Å². The van der Waals surface area contributed by atoms with Gasteiger partial charge in [0.1, 0.15) is 0 Å². The molecule has 0 unspecified atom stereocenters. The second-order valence-electron chi connectivity index (χ2n) is 4.96. The standard InChI is InChI=1S/C16H14ClF3N2O/c1-22(10-11-5-2-3-8-14(11)17)15(23)21-13-7-4-6-12(9-13)16(18,19)20/h2-9H,10H2,1H3,(H,21,23). The third kappa shape index (κ3) is 4.63. The van der Waals surface area contributed by atoms with E-state index in [9.17, 15) is 18.0 Å². The van der Waals surface area contributed by atoms with Crippen LogP contribution in [0.1, 0.15) is 11.1 Å². The summed E-state index contributed by atoms with van der Waals surface area (Å²) in [5, 5.41) is 2.96. The zero-order chi connectivity index (χ0) is 17.0. The molecule has 7 heteroatoms.